The fourth-order valence-corrected chi connectivity index (χ4v) is 2.37. The number of phenols is 1. The van der Waals surface area contributed by atoms with Gasteiger partial charge in [0.25, 0.3) is 10.1 Å². The summed E-state index contributed by atoms with van der Waals surface area (Å²) in [5.74, 6) is 0.446. The zero-order valence-corrected chi connectivity index (χ0v) is 16.7. The lowest BCUT2D eigenvalue weighted by Crippen LogP contribution is -2.27. The van der Waals surface area contributed by atoms with E-state index < -0.39 is 10.1 Å². The van der Waals surface area contributed by atoms with E-state index in [2.05, 4.69) is 10.2 Å². The maximum atomic E-state index is 10.5. The number of aryl methyl sites for hydroxylation is 1. The largest absolute Gasteiger partial charge is 0.507 e. The molecule has 158 valence electrons. The van der Waals surface area contributed by atoms with Crippen molar-refractivity contribution in [1.82, 2.24) is 5.48 Å². The summed E-state index contributed by atoms with van der Waals surface area (Å²) in [5, 5.41) is 25.1. The minimum atomic E-state index is -4.02. The molecule has 0 bridgehead atoms. The Hall–Kier alpha value is -3.35. The van der Waals surface area contributed by atoms with Gasteiger partial charge in [0, 0.05) is 12.1 Å². The standard InChI is InChI=1S/C10H14N4O4.C7H8O3S/c1-17-6-3-8(15)7(9(4-6)18-2)5-12-13-10(11)14-16;1-6-2-4-7(5-3-6)11(8,9)10/h3-5,15-16H,1-2H3,(H3,11,13,14);2-5H,1H3,(H,8,9,10)/b12-5+;. The Morgan fingerprint density at radius 2 is 1.79 bits per heavy atom. The first kappa shape index (κ1) is 23.7. The van der Waals surface area contributed by atoms with Gasteiger partial charge in [0.15, 0.2) is 0 Å². The van der Waals surface area contributed by atoms with Crippen LogP contribution in [0.5, 0.6) is 17.2 Å². The van der Waals surface area contributed by atoms with Gasteiger partial charge in [0.05, 0.1) is 30.9 Å². The smallest absolute Gasteiger partial charge is 0.294 e. The minimum Gasteiger partial charge on any atom is -0.507 e. The highest BCUT2D eigenvalue weighted by molar-refractivity contribution is 7.85. The summed E-state index contributed by atoms with van der Waals surface area (Å²) in [7, 11) is -1.10. The molecule has 11 nitrogen and oxygen atoms in total. The van der Waals surface area contributed by atoms with Gasteiger partial charge in [-0.25, -0.2) is 5.48 Å². The van der Waals surface area contributed by atoms with Crippen molar-refractivity contribution >= 4 is 22.3 Å². The summed E-state index contributed by atoms with van der Waals surface area (Å²) in [6, 6.07) is 8.97. The fraction of sp³-hybridized carbons (Fsp3) is 0.176. The monoisotopic (exact) mass is 426 g/mol. The van der Waals surface area contributed by atoms with Gasteiger partial charge in [-0.2, -0.15) is 13.5 Å². The number of guanidine groups is 1. The first-order valence-corrected chi connectivity index (χ1v) is 9.32. The van der Waals surface area contributed by atoms with Crippen molar-refractivity contribution in [2.75, 3.05) is 14.2 Å². The van der Waals surface area contributed by atoms with Crippen LogP contribution in [0, 0.1) is 6.92 Å². The van der Waals surface area contributed by atoms with E-state index in [1.807, 2.05) is 6.92 Å². The fourth-order valence-electron chi connectivity index (χ4n) is 1.89. The summed E-state index contributed by atoms with van der Waals surface area (Å²) in [4.78, 5) is -0.0666. The molecule has 12 heteroatoms. The number of hydrogen-bond acceptors (Lipinski definition) is 8. The first-order chi connectivity index (χ1) is 13.6. The predicted molar refractivity (Wildman–Crippen MR) is 106 cm³/mol. The zero-order chi connectivity index (χ0) is 22.0. The number of ether oxygens (including phenoxy) is 2. The highest BCUT2D eigenvalue weighted by atomic mass is 32.2. The van der Waals surface area contributed by atoms with Gasteiger partial charge in [-0.05, 0) is 19.1 Å². The summed E-state index contributed by atoms with van der Waals surface area (Å²) in [6.07, 6.45) is 1.23. The molecule has 6 N–H and O–H groups in total. The van der Waals surface area contributed by atoms with Gasteiger partial charge in [0.2, 0.25) is 5.96 Å². The van der Waals surface area contributed by atoms with Crippen molar-refractivity contribution in [1.29, 1.82) is 0 Å². The van der Waals surface area contributed by atoms with Crippen LogP contribution in [0.25, 0.3) is 0 Å². The highest BCUT2D eigenvalue weighted by Gasteiger charge is 2.09. The van der Waals surface area contributed by atoms with Crippen molar-refractivity contribution < 1.29 is 32.8 Å². The zero-order valence-electron chi connectivity index (χ0n) is 15.9. The number of rotatable bonds is 5. The van der Waals surface area contributed by atoms with Gasteiger partial charge < -0.3 is 20.3 Å². The van der Waals surface area contributed by atoms with Crippen molar-refractivity contribution in [2.45, 2.75) is 11.8 Å². The Kier molecular flexibility index (Phi) is 8.86. The lowest BCUT2D eigenvalue weighted by molar-refractivity contribution is 0.232. The average Bonchev–Trinajstić information content (AvgIpc) is 2.68. The van der Waals surface area contributed by atoms with Crippen LogP contribution >= 0.6 is 0 Å². The lowest BCUT2D eigenvalue weighted by atomic mass is 10.2. The van der Waals surface area contributed by atoms with E-state index in [1.54, 1.807) is 23.7 Å². The van der Waals surface area contributed by atoms with E-state index >= 15 is 0 Å². The molecule has 0 fully saturated rings. The van der Waals surface area contributed by atoms with E-state index in [0.29, 0.717) is 17.1 Å². The SMILES string of the molecule is COc1cc(O)c(/C=N/N=C(\N)NO)c(OC)c1.Cc1ccc(S(=O)(=O)O)cc1. The van der Waals surface area contributed by atoms with Crippen molar-refractivity contribution in [3.8, 4) is 17.2 Å². The molecule has 0 aliphatic rings. The molecule has 2 aromatic carbocycles. The Balaban J connectivity index is 0.000000326. The number of phenolic OH excluding ortho intramolecular Hbond substituents is 1. The lowest BCUT2D eigenvalue weighted by Gasteiger charge is -2.08. The van der Waals surface area contributed by atoms with Crippen molar-refractivity contribution in [3.05, 3.63) is 47.5 Å². The van der Waals surface area contributed by atoms with E-state index in [0.717, 1.165) is 5.56 Å². The van der Waals surface area contributed by atoms with Crippen LogP contribution in [-0.4, -0.2) is 49.7 Å². The maximum absolute atomic E-state index is 10.5. The second kappa shape index (κ2) is 10.8. The van der Waals surface area contributed by atoms with E-state index in [1.165, 1.54) is 38.6 Å². The normalized spacial score (nSPS) is 11.6. The Morgan fingerprint density at radius 1 is 1.17 bits per heavy atom. The van der Waals surface area contributed by atoms with Crippen LogP contribution in [0.4, 0.5) is 0 Å². The van der Waals surface area contributed by atoms with Crippen molar-refractivity contribution in [3.63, 3.8) is 0 Å². The number of nitrogens with zero attached hydrogens (tertiary/aromatic N) is 2. The topological polar surface area (TPSA) is 176 Å². The number of nitrogens with one attached hydrogen (secondary N) is 1. The van der Waals surface area contributed by atoms with Gasteiger partial charge in [0.1, 0.15) is 17.2 Å². The minimum absolute atomic E-state index is 0.0666. The highest BCUT2D eigenvalue weighted by Crippen LogP contribution is 2.31. The Bertz CT molecular complexity index is 974. The molecule has 0 spiro atoms. The molecular formula is C17H22N4O7S. The van der Waals surface area contributed by atoms with Crippen LogP contribution in [0.1, 0.15) is 11.1 Å². The molecule has 0 amide bonds. The van der Waals surface area contributed by atoms with Crippen LogP contribution in [0.3, 0.4) is 0 Å². The average molecular weight is 426 g/mol. The number of hydroxylamine groups is 1. The number of methoxy groups -OCH3 is 2. The second-order valence-electron chi connectivity index (χ2n) is 5.39. The molecule has 0 radical (unpaired) electrons. The third-order valence-electron chi connectivity index (χ3n) is 3.34. The molecule has 0 aromatic heterocycles. The molecule has 0 aliphatic carbocycles. The molecule has 0 saturated heterocycles. The van der Waals surface area contributed by atoms with Crippen LogP contribution in [0.15, 0.2) is 51.5 Å². The van der Waals surface area contributed by atoms with E-state index in [-0.39, 0.29) is 16.6 Å². The Labute approximate surface area is 167 Å². The summed E-state index contributed by atoms with van der Waals surface area (Å²) >= 11 is 0. The maximum Gasteiger partial charge on any atom is 0.294 e. The van der Waals surface area contributed by atoms with Crippen LogP contribution < -0.4 is 20.7 Å². The number of hydrogen-bond donors (Lipinski definition) is 5. The summed E-state index contributed by atoms with van der Waals surface area (Å²) in [6.45, 7) is 1.84. The molecule has 0 atom stereocenters. The van der Waals surface area contributed by atoms with Crippen molar-refractivity contribution in [2.24, 2.45) is 15.9 Å². The molecule has 2 rings (SSSR count). The second-order valence-corrected chi connectivity index (χ2v) is 6.81. The van der Waals surface area contributed by atoms with Gasteiger partial charge >= 0.3 is 0 Å². The van der Waals surface area contributed by atoms with Gasteiger partial charge in [-0.15, -0.1) is 5.10 Å². The predicted octanol–water partition coefficient (Wildman–Crippen LogP) is 1.28. The van der Waals surface area contributed by atoms with Gasteiger partial charge in [-0.1, -0.05) is 17.7 Å². The molecule has 2 aromatic rings. The van der Waals surface area contributed by atoms with E-state index in [9.17, 15) is 13.5 Å². The number of aromatic hydroxyl groups is 1. The van der Waals surface area contributed by atoms with Gasteiger partial charge in [-0.3, -0.25) is 9.76 Å². The molecule has 0 unspecified atom stereocenters. The number of benzene rings is 2. The molecule has 0 heterocycles. The third kappa shape index (κ3) is 7.65. The van der Waals surface area contributed by atoms with Crippen LogP contribution in [0.2, 0.25) is 0 Å². The third-order valence-corrected chi connectivity index (χ3v) is 4.20. The molecule has 0 saturated carbocycles. The molecule has 29 heavy (non-hydrogen) atoms. The molecule has 0 aliphatic heterocycles. The van der Waals surface area contributed by atoms with Crippen LogP contribution in [-0.2, 0) is 10.1 Å². The molecular weight excluding hydrogens is 404 g/mol. The summed E-state index contributed by atoms with van der Waals surface area (Å²) < 4.78 is 39.6. The van der Waals surface area contributed by atoms with E-state index in [4.69, 9.17) is 25.0 Å². The quantitative estimate of drug-likeness (QED) is 0.204. The Morgan fingerprint density at radius 3 is 2.28 bits per heavy atom. The number of nitrogens with two attached hydrogens (primary N) is 1. The summed E-state index contributed by atoms with van der Waals surface area (Å²) in [5.41, 5.74) is 8.03. The first-order valence-electron chi connectivity index (χ1n) is 7.88.